The van der Waals surface area contributed by atoms with Gasteiger partial charge in [0.05, 0.1) is 17.8 Å². The van der Waals surface area contributed by atoms with Gasteiger partial charge in [0, 0.05) is 5.92 Å². The van der Waals surface area contributed by atoms with Gasteiger partial charge in [-0.25, -0.2) is 4.98 Å². The molecule has 0 amide bonds. The summed E-state index contributed by atoms with van der Waals surface area (Å²) in [5.74, 6) is 0.715. The molecule has 0 spiro atoms. The average Bonchev–Trinajstić information content (AvgIpc) is 2.71. The van der Waals surface area contributed by atoms with E-state index < -0.39 is 0 Å². The summed E-state index contributed by atoms with van der Waals surface area (Å²) in [6.07, 6.45) is 5.36. The van der Waals surface area contributed by atoms with Crippen molar-refractivity contribution in [2.45, 2.75) is 38.5 Å². The number of aromatic nitrogens is 1. The number of nitrogens with zero attached hydrogens (tertiary/aromatic N) is 1. The van der Waals surface area contributed by atoms with Gasteiger partial charge in [0.25, 0.3) is 0 Å². The Hall–Kier alpha value is -0.570. The summed E-state index contributed by atoms with van der Waals surface area (Å²) < 4.78 is 5.24. The van der Waals surface area contributed by atoms with E-state index in [1.165, 1.54) is 30.7 Å². The maximum Gasteiger partial charge on any atom is 0.196 e. The van der Waals surface area contributed by atoms with E-state index in [0.29, 0.717) is 5.92 Å². The van der Waals surface area contributed by atoms with Crippen LogP contribution in [-0.2, 0) is 0 Å². The normalized spacial score (nSPS) is 18.0. The van der Waals surface area contributed by atoms with Crippen molar-refractivity contribution in [2.24, 2.45) is 0 Å². The second-order valence-corrected chi connectivity index (χ2v) is 4.60. The second kappa shape index (κ2) is 3.66. The van der Waals surface area contributed by atoms with Crippen LogP contribution in [0.25, 0.3) is 0 Å². The molecule has 0 atom stereocenters. The molecule has 1 aliphatic rings. The quantitative estimate of drug-likeness (QED) is 0.726. The summed E-state index contributed by atoms with van der Waals surface area (Å²) in [5.41, 5.74) is 1.05. The zero-order valence-electron chi connectivity index (χ0n) is 8.17. The van der Waals surface area contributed by atoms with E-state index in [2.05, 4.69) is 4.98 Å². The molecular formula is C10H15NOS. The fourth-order valence-corrected chi connectivity index (χ4v) is 2.99. The van der Waals surface area contributed by atoms with Gasteiger partial charge in [-0.15, -0.1) is 0 Å². The highest BCUT2D eigenvalue weighted by Crippen LogP contribution is 2.39. The highest BCUT2D eigenvalue weighted by molar-refractivity contribution is 7.13. The lowest BCUT2D eigenvalue weighted by molar-refractivity contribution is 0.423. The summed E-state index contributed by atoms with van der Waals surface area (Å²) in [6.45, 7) is 2.02. The zero-order chi connectivity index (χ0) is 9.26. The Balaban J connectivity index is 2.20. The molecule has 0 N–H and O–H groups in total. The van der Waals surface area contributed by atoms with E-state index >= 15 is 0 Å². The number of rotatable bonds is 2. The first-order valence-electron chi connectivity index (χ1n) is 4.82. The van der Waals surface area contributed by atoms with Gasteiger partial charge < -0.3 is 4.74 Å². The molecule has 3 heteroatoms. The van der Waals surface area contributed by atoms with Crippen molar-refractivity contribution in [1.82, 2.24) is 4.98 Å². The predicted octanol–water partition coefficient (Wildman–Crippen LogP) is 3.12. The SMILES string of the molecule is COc1sc(C2CCCC2)nc1C. The van der Waals surface area contributed by atoms with Crippen LogP contribution in [0.5, 0.6) is 5.06 Å². The van der Waals surface area contributed by atoms with Crippen molar-refractivity contribution >= 4 is 11.3 Å². The Morgan fingerprint density at radius 3 is 2.62 bits per heavy atom. The number of hydrogen-bond donors (Lipinski definition) is 0. The third-order valence-electron chi connectivity index (χ3n) is 2.66. The van der Waals surface area contributed by atoms with Crippen LogP contribution >= 0.6 is 11.3 Å². The Labute approximate surface area is 83.0 Å². The molecule has 13 heavy (non-hydrogen) atoms. The largest absolute Gasteiger partial charge is 0.486 e. The van der Waals surface area contributed by atoms with Gasteiger partial charge in [-0.2, -0.15) is 0 Å². The highest BCUT2D eigenvalue weighted by Gasteiger charge is 2.21. The van der Waals surface area contributed by atoms with Crippen LogP contribution in [0.2, 0.25) is 0 Å². The zero-order valence-corrected chi connectivity index (χ0v) is 8.99. The molecule has 1 aromatic heterocycles. The minimum Gasteiger partial charge on any atom is -0.486 e. The molecule has 2 nitrogen and oxygen atoms in total. The molecule has 1 saturated carbocycles. The Morgan fingerprint density at radius 1 is 1.38 bits per heavy atom. The average molecular weight is 197 g/mol. The third kappa shape index (κ3) is 1.70. The first-order valence-corrected chi connectivity index (χ1v) is 5.64. The van der Waals surface area contributed by atoms with Crippen LogP contribution in [0.3, 0.4) is 0 Å². The van der Waals surface area contributed by atoms with E-state index in [4.69, 9.17) is 4.74 Å². The maximum absolute atomic E-state index is 5.24. The molecule has 0 unspecified atom stereocenters. The first kappa shape index (κ1) is 9.00. The van der Waals surface area contributed by atoms with Gasteiger partial charge in [-0.1, -0.05) is 24.2 Å². The van der Waals surface area contributed by atoms with E-state index in [1.54, 1.807) is 18.4 Å². The van der Waals surface area contributed by atoms with Crippen molar-refractivity contribution in [3.05, 3.63) is 10.7 Å². The van der Waals surface area contributed by atoms with Crippen molar-refractivity contribution in [3.8, 4) is 5.06 Å². The molecule has 1 fully saturated rings. The molecule has 0 bridgehead atoms. The number of methoxy groups -OCH3 is 1. The van der Waals surface area contributed by atoms with E-state index in [-0.39, 0.29) is 0 Å². The lowest BCUT2D eigenvalue weighted by atomic mass is 10.1. The van der Waals surface area contributed by atoms with Gasteiger partial charge in [-0.3, -0.25) is 0 Å². The molecule has 0 radical (unpaired) electrons. The van der Waals surface area contributed by atoms with Gasteiger partial charge in [0.15, 0.2) is 5.06 Å². The molecule has 0 aliphatic heterocycles. The lowest BCUT2D eigenvalue weighted by Gasteiger charge is -2.01. The summed E-state index contributed by atoms with van der Waals surface area (Å²) in [6, 6.07) is 0. The first-order chi connectivity index (χ1) is 6.31. The topological polar surface area (TPSA) is 22.1 Å². The predicted molar refractivity (Wildman–Crippen MR) is 54.6 cm³/mol. The molecule has 2 rings (SSSR count). The molecule has 1 heterocycles. The Kier molecular flexibility index (Phi) is 2.54. The van der Waals surface area contributed by atoms with Gasteiger partial charge in [0.1, 0.15) is 0 Å². The number of thiazole rings is 1. The molecule has 0 aromatic carbocycles. The van der Waals surface area contributed by atoms with Crippen LogP contribution in [0.4, 0.5) is 0 Å². The molecule has 1 aliphatic carbocycles. The third-order valence-corrected chi connectivity index (χ3v) is 3.94. The summed E-state index contributed by atoms with van der Waals surface area (Å²) in [4.78, 5) is 4.56. The fraction of sp³-hybridized carbons (Fsp3) is 0.700. The van der Waals surface area contributed by atoms with Crippen molar-refractivity contribution in [3.63, 3.8) is 0 Å². The Morgan fingerprint density at radius 2 is 2.08 bits per heavy atom. The van der Waals surface area contributed by atoms with Crippen molar-refractivity contribution < 1.29 is 4.74 Å². The van der Waals surface area contributed by atoms with Gasteiger partial charge in [0.2, 0.25) is 0 Å². The number of hydrogen-bond acceptors (Lipinski definition) is 3. The van der Waals surface area contributed by atoms with Crippen molar-refractivity contribution in [1.29, 1.82) is 0 Å². The standard InChI is InChI=1S/C10H15NOS/c1-7-10(12-2)13-9(11-7)8-5-3-4-6-8/h8H,3-6H2,1-2H3. The number of aryl methyl sites for hydroxylation is 1. The molecule has 0 saturated heterocycles. The van der Waals surface area contributed by atoms with E-state index in [9.17, 15) is 0 Å². The van der Waals surface area contributed by atoms with Gasteiger partial charge >= 0.3 is 0 Å². The van der Waals surface area contributed by atoms with Crippen LogP contribution in [0.1, 0.15) is 42.3 Å². The monoisotopic (exact) mass is 197 g/mol. The molecule has 72 valence electrons. The van der Waals surface area contributed by atoms with E-state index in [0.717, 1.165) is 10.8 Å². The van der Waals surface area contributed by atoms with Gasteiger partial charge in [-0.05, 0) is 19.8 Å². The smallest absolute Gasteiger partial charge is 0.196 e. The maximum atomic E-state index is 5.24. The van der Waals surface area contributed by atoms with Crippen LogP contribution < -0.4 is 4.74 Å². The Bertz CT molecular complexity index is 289. The van der Waals surface area contributed by atoms with Crippen LogP contribution in [-0.4, -0.2) is 12.1 Å². The second-order valence-electron chi connectivity index (χ2n) is 3.61. The van der Waals surface area contributed by atoms with E-state index in [1.807, 2.05) is 6.92 Å². The summed E-state index contributed by atoms with van der Waals surface area (Å²) >= 11 is 1.72. The summed E-state index contributed by atoms with van der Waals surface area (Å²) in [7, 11) is 1.72. The molecular weight excluding hydrogens is 182 g/mol. The van der Waals surface area contributed by atoms with Crippen LogP contribution in [0, 0.1) is 6.92 Å². The highest BCUT2D eigenvalue weighted by atomic mass is 32.1. The summed E-state index contributed by atoms with van der Waals surface area (Å²) in [5, 5.41) is 2.27. The minimum absolute atomic E-state index is 0.715. The number of ether oxygens (including phenoxy) is 1. The lowest BCUT2D eigenvalue weighted by Crippen LogP contribution is -1.90. The molecule has 1 aromatic rings. The minimum atomic E-state index is 0.715. The fourth-order valence-electron chi connectivity index (χ4n) is 1.94. The van der Waals surface area contributed by atoms with Crippen molar-refractivity contribution in [2.75, 3.05) is 7.11 Å². The van der Waals surface area contributed by atoms with Crippen LogP contribution in [0.15, 0.2) is 0 Å².